The van der Waals surface area contributed by atoms with Crippen LogP contribution in [-0.2, 0) is 0 Å². The van der Waals surface area contributed by atoms with Crippen molar-refractivity contribution < 1.29 is 9.47 Å². The largest absolute Gasteiger partial charge is 0.486 e. The van der Waals surface area contributed by atoms with Crippen LogP contribution in [0, 0.1) is 0 Å². The Labute approximate surface area is 84.2 Å². The number of halogens is 1. The molecule has 0 bridgehead atoms. The minimum Gasteiger partial charge on any atom is -0.486 e. The second kappa shape index (κ2) is 2.75. The number of hydrogen-bond acceptors (Lipinski definition) is 4. The number of aromatic nitrogens is 3. The number of nitrogens with zero attached hydrogens (tertiary/aromatic N) is 3. The normalized spacial score (nSPS) is 14.6. The molecule has 1 aliphatic rings. The fraction of sp³-hybridized carbons (Fsp3) is 0.250. The van der Waals surface area contributed by atoms with E-state index in [1.165, 1.54) is 0 Å². The van der Waals surface area contributed by atoms with E-state index in [1.54, 1.807) is 16.9 Å². The maximum atomic E-state index is 5.80. The summed E-state index contributed by atoms with van der Waals surface area (Å²) in [6.45, 7) is 0.965. The molecule has 0 fully saturated rings. The highest BCUT2D eigenvalue weighted by Crippen LogP contribution is 2.30. The van der Waals surface area contributed by atoms with Gasteiger partial charge in [0.2, 0.25) is 5.88 Å². The van der Waals surface area contributed by atoms with Crippen LogP contribution in [0.5, 0.6) is 11.6 Å². The standard InChI is InChI=1S/C8H6ClN3O2/c9-6-4-12-7-5(3-10-12)13-1-2-14-8(7)11-6/h3-4H,1-2H2. The van der Waals surface area contributed by atoms with Gasteiger partial charge in [-0.1, -0.05) is 11.6 Å². The van der Waals surface area contributed by atoms with Gasteiger partial charge in [-0.25, -0.2) is 4.52 Å². The maximum Gasteiger partial charge on any atom is 0.245 e. The summed E-state index contributed by atoms with van der Waals surface area (Å²) in [6.07, 6.45) is 3.24. The summed E-state index contributed by atoms with van der Waals surface area (Å²) in [5.74, 6) is 1.16. The van der Waals surface area contributed by atoms with Gasteiger partial charge < -0.3 is 9.47 Å². The minimum atomic E-state index is 0.351. The van der Waals surface area contributed by atoms with E-state index >= 15 is 0 Å². The quantitative estimate of drug-likeness (QED) is 0.656. The molecule has 0 saturated heterocycles. The van der Waals surface area contributed by atoms with Crippen molar-refractivity contribution in [1.29, 1.82) is 0 Å². The second-order valence-corrected chi connectivity index (χ2v) is 3.25. The lowest BCUT2D eigenvalue weighted by Crippen LogP contribution is -2.06. The third-order valence-electron chi connectivity index (χ3n) is 1.98. The number of rotatable bonds is 0. The second-order valence-electron chi connectivity index (χ2n) is 2.87. The molecule has 0 aliphatic carbocycles. The molecule has 2 aromatic rings. The molecule has 0 N–H and O–H groups in total. The van der Waals surface area contributed by atoms with Gasteiger partial charge in [0.25, 0.3) is 0 Å². The maximum absolute atomic E-state index is 5.80. The van der Waals surface area contributed by atoms with Crippen molar-refractivity contribution in [1.82, 2.24) is 14.6 Å². The predicted octanol–water partition coefficient (Wildman–Crippen LogP) is 1.15. The van der Waals surface area contributed by atoms with Gasteiger partial charge in [0, 0.05) is 0 Å². The van der Waals surface area contributed by atoms with Crippen LogP contribution in [-0.4, -0.2) is 27.8 Å². The molecule has 3 rings (SSSR count). The number of ether oxygens (including phenoxy) is 2. The fourth-order valence-electron chi connectivity index (χ4n) is 1.42. The molecular weight excluding hydrogens is 206 g/mol. The zero-order chi connectivity index (χ0) is 9.54. The molecule has 0 spiro atoms. The first-order valence-electron chi connectivity index (χ1n) is 4.14. The van der Waals surface area contributed by atoms with Crippen LogP contribution in [0.2, 0.25) is 5.15 Å². The highest BCUT2D eigenvalue weighted by atomic mass is 35.5. The SMILES string of the molecule is Clc1cn2ncc3c2c(n1)OCCO3. The molecule has 0 radical (unpaired) electrons. The average Bonchev–Trinajstić information content (AvgIpc) is 2.43. The van der Waals surface area contributed by atoms with Gasteiger partial charge in [-0.05, 0) is 0 Å². The molecule has 72 valence electrons. The Hall–Kier alpha value is -1.49. The summed E-state index contributed by atoms with van der Waals surface area (Å²) in [5.41, 5.74) is 0.729. The Balaban J connectivity index is 2.39. The Morgan fingerprint density at radius 1 is 1.36 bits per heavy atom. The molecule has 3 heterocycles. The summed E-state index contributed by atoms with van der Waals surface area (Å²) in [6, 6.07) is 0. The molecule has 6 heteroatoms. The molecule has 14 heavy (non-hydrogen) atoms. The zero-order valence-corrected chi connectivity index (χ0v) is 7.86. The van der Waals surface area contributed by atoms with Crippen LogP contribution in [0.1, 0.15) is 0 Å². The summed E-state index contributed by atoms with van der Waals surface area (Å²) in [4.78, 5) is 4.07. The Morgan fingerprint density at radius 2 is 2.21 bits per heavy atom. The van der Waals surface area contributed by atoms with Crippen molar-refractivity contribution in [3.05, 3.63) is 17.5 Å². The van der Waals surface area contributed by atoms with E-state index in [9.17, 15) is 0 Å². The highest BCUT2D eigenvalue weighted by Gasteiger charge is 2.17. The van der Waals surface area contributed by atoms with Gasteiger partial charge in [0.15, 0.2) is 16.4 Å². The van der Waals surface area contributed by atoms with Gasteiger partial charge in [-0.15, -0.1) is 0 Å². The van der Waals surface area contributed by atoms with E-state index in [0.717, 1.165) is 5.52 Å². The Morgan fingerprint density at radius 3 is 3.14 bits per heavy atom. The van der Waals surface area contributed by atoms with Crippen LogP contribution in [0.4, 0.5) is 0 Å². The first kappa shape index (κ1) is 7.87. The molecule has 1 aliphatic heterocycles. The fourth-order valence-corrected chi connectivity index (χ4v) is 1.59. The monoisotopic (exact) mass is 211 g/mol. The molecular formula is C8H6ClN3O2. The molecule has 5 nitrogen and oxygen atoms in total. The van der Waals surface area contributed by atoms with Gasteiger partial charge in [0.05, 0.1) is 12.4 Å². The van der Waals surface area contributed by atoms with Crippen molar-refractivity contribution in [2.24, 2.45) is 0 Å². The lowest BCUT2D eigenvalue weighted by Gasteiger charge is -2.02. The molecule has 0 amide bonds. The minimum absolute atomic E-state index is 0.351. The van der Waals surface area contributed by atoms with E-state index in [0.29, 0.717) is 30.0 Å². The van der Waals surface area contributed by atoms with Crippen LogP contribution < -0.4 is 9.47 Å². The molecule has 0 saturated carbocycles. The summed E-state index contributed by atoms with van der Waals surface area (Å²) >= 11 is 5.80. The lowest BCUT2D eigenvalue weighted by molar-refractivity contribution is 0.226. The third kappa shape index (κ3) is 1.02. The van der Waals surface area contributed by atoms with Crippen molar-refractivity contribution in [3.8, 4) is 11.6 Å². The summed E-state index contributed by atoms with van der Waals surface area (Å²) in [5, 5.41) is 4.43. The van der Waals surface area contributed by atoms with E-state index in [4.69, 9.17) is 21.1 Å². The average molecular weight is 212 g/mol. The lowest BCUT2D eigenvalue weighted by atomic mass is 10.4. The highest BCUT2D eigenvalue weighted by molar-refractivity contribution is 6.29. The predicted molar refractivity (Wildman–Crippen MR) is 49.0 cm³/mol. The van der Waals surface area contributed by atoms with Gasteiger partial charge in [0.1, 0.15) is 13.2 Å². The van der Waals surface area contributed by atoms with Crippen molar-refractivity contribution in [3.63, 3.8) is 0 Å². The zero-order valence-electron chi connectivity index (χ0n) is 7.11. The third-order valence-corrected chi connectivity index (χ3v) is 2.16. The first-order valence-corrected chi connectivity index (χ1v) is 4.52. The summed E-state index contributed by atoms with van der Waals surface area (Å²) in [7, 11) is 0. The van der Waals surface area contributed by atoms with Gasteiger partial charge >= 0.3 is 0 Å². The van der Waals surface area contributed by atoms with Crippen LogP contribution in [0.25, 0.3) is 5.52 Å². The topological polar surface area (TPSA) is 48.7 Å². The van der Waals surface area contributed by atoms with Gasteiger partial charge in [-0.2, -0.15) is 10.1 Å². The van der Waals surface area contributed by atoms with E-state index in [1.807, 2.05) is 0 Å². The molecule has 0 unspecified atom stereocenters. The molecule has 0 aromatic carbocycles. The van der Waals surface area contributed by atoms with Crippen molar-refractivity contribution in [2.75, 3.05) is 13.2 Å². The van der Waals surface area contributed by atoms with E-state index in [2.05, 4.69) is 10.1 Å². The molecule has 0 atom stereocenters. The van der Waals surface area contributed by atoms with Crippen molar-refractivity contribution >= 4 is 17.1 Å². The summed E-state index contributed by atoms with van der Waals surface area (Å²) < 4.78 is 12.4. The van der Waals surface area contributed by atoms with Crippen molar-refractivity contribution in [2.45, 2.75) is 0 Å². The van der Waals surface area contributed by atoms with Gasteiger partial charge in [-0.3, -0.25) is 0 Å². The van der Waals surface area contributed by atoms with Crippen LogP contribution >= 0.6 is 11.6 Å². The molecule has 2 aromatic heterocycles. The smallest absolute Gasteiger partial charge is 0.245 e. The first-order chi connectivity index (χ1) is 6.84. The van der Waals surface area contributed by atoms with E-state index in [-0.39, 0.29) is 0 Å². The van der Waals surface area contributed by atoms with Crippen LogP contribution in [0.15, 0.2) is 12.4 Å². The van der Waals surface area contributed by atoms with Crippen LogP contribution in [0.3, 0.4) is 0 Å². The Kier molecular flexibility index (Phi) is 1.55. The van der Waals surface area contributed by atoms with E-state index < -0.39 is 0 Å². The number of hydrogen-bond donors (Lipinski definition) is 0. The Bertz CT molecular complexity index is 497.